The number of amides is 3. The van der Waals surface area contributed by atoms with E-state index in [9.17, 15) is 14.4 Å². The van der Waals surface area contributed by atoms with Gasteiger partial charge in [-0.15, -0.1) is 0 Å². The third-order valence-electron chi connectivity index (χ3n) is 6.36. The lowest BCUT2D eigenvalue weighted by Gasteiger charge is -2.35. The van der Waals surface area contributed by atoms with Crippen LogP contribution in [0.25, 0.3) is 0 Å². The second kappa shape index (κ2) is 10.4. The van der Waals surface area contributed by atoms with Crippen LogP contribution < -0.4 is 10.1 Å². The van der Waals surface area contributed by atoms with Gasteiger partial charge in [-0.25, -0.2) is 0 Å². The molecule has 1 aromatic carbocycles. The van der Waals surface area contributed by atoms with Crippen molar-refractivity contribution in [2.24, 2.45) is 5.92 Å². The van der Waals surface area contributed by atoms with Gasteiger partial charge in [0.15, 0.2) is 0 Å². The second-order valence-electron chi connectivity index (χ2n) is 9.96. The largest absolute Gasteiger partial charge is 0.493 e. The van der Waals surface area contributed by atoms with E-state index in [0.29, 0.717) is 45.5 Å². The van der Waals surface area contributed by atoms with Crippen molar-refractivity contribution in [1.29, 1.82) is 0 Å². The van der Waals surface area contributed by atoms with Crippen LogP contribution in [0.5, 0.6) is 5.75 Å². The molecule has 0 aliphatic carbocycles. The minimum Gasteiger partial charge on any atom is -0.493 e. The minimum atomic E-state index is -0.256. The van der Waals surface area contributed by atoms with Crippen molar-refractivity contribution >= 4 is 17.7 Å². The van der Waals surface area contributed by atoms with Gasteiger partial charge in [-0.2, -0.15) is 0 Å². The predicted octanol–water partition coefficient (Wildman–Crippen LogP) is 2.91. The monoisotopic (exact) mass is 443 g/mol. The number of piperidine rings is 1. The molecular formula is C25H37N3O4. The molecule has 7 heteroatoms. The van der Waals surface area contributed by atoms with Gasteiger partial charge in [0.2, 0.25) is 17.7 Å². The standard InChI is InChI=1S/C25H37N3O4/c1-18-8-5-6-9-21(18)32-15-7-10-22(29)26-20-11-13-27(14-12-20)24(31)19-16-23(30)28(17-19)25(2,3)4/h5-6,8-9,19-20H,7,10-17H2,1-4H3,(H,26,29). The molecule has 2 aliphatic heterocycles. The summed E-state index contributed by atoms with van der Waals surface area (Å²) in [6, 6.07) is 7.96. The molecule has 3 rings (SSSR count). The number of ether oxygens (including phenoxy) is 1. The Balaban J connectivity index is 1.35. The molecule has 0 aromatic heterocycles. The van der Waals surface area contributed by atoms with Crippen molar-refractivity contribution in [3.05, 3.63) is 29.8 Å². The number of para-hydroxylation sites is 1. The summed E-state index contributed by atoms with van der Waals surface area (Å²) in [6.45, 7) is 10.3. The maximum absolute atomic E-state index is 12.9. The Morgan fingerprint density at radius 3 is 2.47 bits per heavy atom. The smallest absolute Gasteiger partial charge is 0.227 e. The molecule has 2 aliphatic rings. The summed E-state index contributed by atoms with van der Waals surface area (Å²) >= 11 is 0. The number of rotatable bonds is 7. The molecule has 32 heavy (non-hydrogen) atoms. The Morgan fingerprint density at radius 1 is 1.16 bits per heavy atom. The highest BCUT2D eigenvalue weighted by atomic mass is 16.5. The van der Waals surface area contributed by atoms with Gasteiger partial charge in [0.05, 0.1) is 12.5 Å². The summed E-state index contributed by atoms with van der Waals surface area (Å²) in [5.41, 5.74) is 0.834. The zero-order valence-corrected chi connectivity index (χ0v) is 19.9. The van der Waals surface area contributed by atoms with E-state index in [1.807, 2.05) is 61.8 Å². The predicted molar refractivity (Wildman–Crippen MR) is 123 cm³/mol. The van der Waals surface area contributed by atoms with Gasteiger partial charge >= 0.3 is 0 Å². The highest BCUT2D eigenvalue weighted by molar-refractivity contribution is 5.89. The first kappa shape index (κ1) is 24.1. The molecule has 0 bridgehead atoms. The van der Waals surface area contributed by atoms with Crippen molar-refractivity contribution in [2.75, 3.05) is 26.2 Å². The first-order valence-corrected chi connectivity index (χ1v) is 11.7. The Hall–Kier alpha value is -2.57. The van der Waals surface area contributed by atoms with Crippen LogP contribution in [0.15, 0.2) is 24.3 Å². The fourth-order valence-corrected chi connectivity index (χ4v) is 4.46. The zero-order chi connectivity index (χ0) is 23.3. The molecule has 0 spiro atoms. The molecule has 3 amide bonds. The number of likely N-dealkylation sites (tertiary alicyclic amines) is 2. The average molecular weight is 444 g/mol. The molecule has 7 nitrogen and oxygen atoms in total. The molecule has 2 heterocycles. The van der Waals surface area contributed by atoms with Crippen LogP contribution in [0.4, 0.5) is 0 Å². The van der Waals surface area contributed by atoms with Crippen LogP contribution in [0.2, 0.25) is 0 Å². The molecule has 1 aromatic rings. The first-order valence-electron chi connectivity index (χ1n) is 11.7. The van der Waals surface area contributed by atoms with Gasteiger partial charge in [0.25, 0.3) is 0 Å². The van der Waals surface area contributed by atoms with Crippen LogP contribution in [0.1, 0.15) is 58.4 Å². The molecule has 0 radical (unpaired) electrons. The lowest BCUT2D eigenvalue weighted by molar-refractivity contribution is -0.137. The minimum absolute atomic E-state index is 0.0327. The Morgan fingerprint density at radius 2 is 1.84 bits per heavy atom. The molecule has 0 saturated carbocycles. The van der Waals surface area contributed by atoms with Gasteiger partial charge in [0, 0.05) is 44.1 Å². The summed E-state index contributed by atoms with van der Waals surface area (Å²) in [7, 11) is 0. The number of aryl methyl sites for hydroxylation is 1. The van der Waals surface area contributed by atoms with Crippen LogP contribution in [-0.2, 0) is 14.4 Å². The molecule has 1 N–H and O–H groups in total. The van der Waals surface area contributed by atoms with Gasteiger partial charge < -0.3 is 19.9 Å². The van der Waals surface area contributed by atoms with Crippen LogP contribution in [-0.4, -0.2) is 65.3 Å². The summed E-state index contributed by atoms with van der Waals surface area (Å²) in [6.07, 6.45) is 2.90. The molecular weight excluding hydrogens is 406 g/mol. The van der Waals surface area contributed by atoms with Crippen LogP contribution >= 0.6 is 0 Å². The van der Waals surface area contributed by atoms with Crippen molar-refractivity contribution in [3.8, 4) is 5.75 Å². The summed E-state index contributed by atoms with van der Waals surface area (Å²) in [5, 5.41) is 3.10. The normalized spacial score (nSPS) is 19.9. The van der Waals surface area contributed by atoms with E-state index in [1.54, 1.807) is 0 Å². The van der Waals surface area contributed by atoms with E-state index in [1.165, 1.54) is 0 Å². The molecule has 176 valence electrons. The van der Waals surface area contributed by atoms with Crippen LogP contribution in [0.3, 0.4) is 0 Å². The molecule has 2 fully saturated rings. The maximum atomic E-state index is 12.9. The zero-order valence-electron chi connectivity index (χ0n) is 19.9. The van der Waals surface area contributed by atoms with Gasteiger partial charge in [-0.1, -0.05) is 18.2 Å². The second-order valence-corrected chi connectivity index (χ2v) is 9.96. The Kier molecular flexibility index (Phi) is 7.80. The van der Waals surface area contributed by atoms with Gasteiger partial charge in [0.1, 0.15) is 5.75 Å². The fraction of sp³-hybridized carbons (Fsp3) is 0.640. The molecule has 2 saturated heterocycles. The van der Waals surface area contributed by atoms with Gasteiger partial charge in [-0.3, -0.25) is 14.4 Å². The number of hydrogen-bond acceptors (Lipinski definition) is 4. The number of hydrogen-bond donors (Lipinski definition) is 1. The van der Waals surface area contributed by atoms with Crippen LogP contribution in [0, 0.1) is 12.8 Å². The van der Waals surface area contributed by atoms with E-state index >= 15 is 0 Å². The van der Waals surface area contributed by atoms with E-state index < -0.39 is 0 Å². The maximum Gasteiger partial charge on any atom is 0.227 e. The lowest BCUT2D eigenvalue weighted by Crippen LogP contribution is -2.48. The van der Waals surface area contributed by atoms with E-state index in [0.717, 1.165) is 24.2 Å². The average Bonchev–Trinajstić information content (AvgIpc) is 3.14. The van der Waals surface area contributed by atoms with E-state index in [2.05, 4.69) is 5.32 Å². The van der Waals surface area contributed by atoms with Crippen molar-refractivity contribution in [2.45, 2.75) is 71.4 Å². The number of carbonyl (C=O) groups is 3. The summed E-state index contributed by atoms with van der Waals surface area (Å²) in [4.78, 5) is 41.2. The number of carbonyl (C=O) groups excluding carboxylic acids is 3. The Labute approximate surface area is 191 Å². The molecule has 1 atom stereocenters. The number of nitrogens with one attached hydrogen (secondary N) is 1. The highest BCUT2D eigenvalue weighted by Crippen LogP contribution is 2.28. The fourth-order valence-electron chi connectivity index (χ4n) is 4.46. The SMILES string of the molecule is Cc1ccccc1OCCCC(=O)NC1CCN(C(=O)C2CC(=O)N(C(C)(C)C)C2)CC1. The third-order valence-corrected chi connectivity index (χ3v) is 6.36. The number of nitrogens with zero attached hydrogens (tertiary/aromatic N) is 2. The summed E-state index contributed by atoms with van der Waals surface area (Å²) in [5.74, 6) is 0.777. The lowest BCUT2D eigenvalue weighted by atomic mass is 10.0. The Bertz CT molecular complexity index is 825. The topological polar surface area (TPSA) is 79.0 Å². The van der Waals surface area contributed by atoms with Crippen molar-refractivity contribution in [3.63, 3.8) is 0 Å². The third kappa shape index (κ3) is 6.24. The quantitative estimate of drug-likeness (QED) is 0.657. The van der Waals surface area contributed by atoms with Crippen molar-refractivity contribution in [1.82, 2.24) is 15.1 Å². The van der Waals surface area contributed by atoms with E-state index in [-0.39, 0.29) is 35.2 Å². The summed E-state index contributed by atoms with van der Waals surface area (Å²) < 4.78 is 5.75. The first-order chi connectivity index (χ1) is 15.1. The van der Waals surface area contributed by atoms with Crippen molar-refractivity contribution < 1.29 is 19.1 Å². The number of benzene rings is 1. The highest BCUT2D eigenvalue weighted by Gasteiger charge is 2.41. The van der Waals surface area contributed by atoms with Gasteiger partial charge in [-0.05, 0) is 58.6 Å². The van der Waals surface area contributed by atoms with E-state index in [4.69, 9.17) is 4.74 Å². The molecule has 1 unspecified atom stereocenters.